The molecule has 2 unspecified atom stereocenters. The average molecular weight is 350 g/mol. The zero-order valence-corrected chi connectivity index (χ0v) is 13.1. The minimum absolute atomic E-state index is 0.138. The first kappa shape index (κ1) is 14.9. The third-order valence-corrected chi connectivity index (χ3v) is 5.79. The first-order valence-corrected chi connectivity index (χ1v) is 8.87. The molecule has 1 aromatic carbocycles. The zero-order chi connectivity index (χ0) is 14.0. The van der Waals surface area contributed by atoms with Gasteiger partial charge in [0.05, 0.1) is 11.5 Å². The van der Waals surface area contributed by atoms with Crippen molar-refractivity contribution >= 4 is 25.8 Å². The van der Waals surface area contributed by atoms with E-state index in [1.165, 1.54) is 6.07 Å². The molecule has 1 N–H and O–H groups in total. The highest BCUT2D eigenvalue weighted by molar-refractivity contribution is 9.10. The topological polar surface area (TPSA) is 46.2 Å². The minimum Gasteiger partial charge on any atom is -0.310 e. The Morgan fingerprint density at radius 1 is 1.53 bits per heavy atom. The van der Waals surface area contributed by atoms with Crippen LogP contribution in [0.15, 0.2) is 22.7 Å². The Kier molecular flexibility index (Phi) is 4.63. The van der Waals surface area contributed by atoms with Crippen molar-refractivity contribution in [2.45, 2.75) is 19.4 Å². The summed E-state index contributed by atoms with van der Waals surface area (Å²) in [5.41, 5.74) is 0.593. The molecular weight excluding hydrogens is 333 g/mol. The molecule has 106 valence electrons. The van der Waals surface area contributed by atoms with E-state index in [1.807, 2.05) is 6.92 Å². The molecule has 0 bridgehead atoms. The van der Waals surface area contributed by atoms with E-state index < -0.39 is 9.84 Å². The van der Waals surface area contributed by atoms with Gasteiger partial charge in [0.2, 0.25) is 0 Å². The summed E-state index contributed by atoms with van der Waals surface area (Å²) < 4.78 is 37.2. The molecule has 1 heterocycles. The number of rotatable bonds is 4. The smallest absolute Gasteiger partial charge is 0.150 e. The van der Waals surface area contributed by atoms with Crippen LogP contribution in [0.1, 0.15) is 24.9 Å². The molecule has 1 aromatic rings. The second-order valence-electron chi connectivity index (χ2n) is 5.06. The number of nitrogens with one attached hydrogen (secondary N) is 1. The van der Waals surface area contributed by atoms with Crippen molar-refractivity contribution in [1.29, 1.82) is 0 Å². The average Bonchev–Trinajstić information content (AvgIpc) is 2.69. The van der Waals surface area contributed by atoms with Gasteiger partial charge in [0.1, 0.15) is 5.82 Å². The molecule has 0 amide bonds. The highest BCUT2D eigenvalue weighted by Gasteiger charge is 2.27. The maximum atomic E-state index is 13.7. The molecule has 19 heavy (non-hydrogen) atoms. The number of sulfone groups is 1. The summed E-state index contributed by atoms with van der Waals surface area (Å²) in [7, 11) is -2.84. The first-order valence-electron chi connectivity index (χ1n) is 6.26. The predicted molar refractivity (Wildman–Crippen MR) is 77.3 cm³/mol. The van der Waals surface area contributed by atoms with Gasteiger partial charge in [-0.15, -0.1) is 0 Å². The van der Waals surface area contributed by atoms with E-state index in [4.69, 9.17) is 0 Å². The molecule has 1 saturated heterocycles. The Hall–Kier alpha value is -0.460. The zero-order valence-electron chi connectivity index (χ0n) is 10.7. The molecule has 0 saturated carbocycles. The van der Waals surface area contributed by atoms with E-state index in [9.17, 15) is 12.8 Å². The third kappa shape index (κ3) is 4.00. The highest BCUT2D eigenvalue weighted by Crippen LogP contribution is 2.23. The van der Waals surface area contributed by atoms with E-state index >= 15 is 0 Å². The van der Waals surface area contributed by atoms with E-state index in [0.717, 1.165) is 4.47 Å². The molecule has 0 spiro atoms. The Morgan fingerprint density at radius 3 is 2.89 bits per heavy atom. The number of benzene rings is 1. The van der Waals surface area contributed by atoms with Crippen molar-refractivity contribution in [1.82, 2.24) is 5.32 Å². The van der Waals surface area contributed by atoms with Gasteiger partial charge in [-0.1, -0.05) is 15.9 Å². The SMILES string of the molecule is CC(NCC1CCS(=O)(=O)C1)c1cc(Br)ccc1F. The monoisotopic (exact) mass is 349 g/mol. The van der Waals surface area contributed by atoms with Crippen LogP contribution in [0, 0.1) is 11.7 Å². The van der Waals surface area contributed by atoms with E-state index in [-0.39, 0.29) is 29.3 Å². The van der Waals surface area contributed by atoms with Crippen LogP contribution in [-0.2, 0) is 9.84 Å². The second-order valence-corrected chi connectivity index (χ2v) is 8.21. The minimum atomic E-state index is -2.84. The fourth-order valence-electron chi connectivity index (χ4n) is 2.33. The maximum Gasteiger partial charge on any atom is 0.150 e. The highest BCUT2D eigenvalue weighted by atomic mass is 79.9. The largest absolute Gasteiger partial charge is 0.310 e. The van der Waals surface area contributed by atoms with Crippen LogP contribution in [0.25, 0.3) is 0 Å². The van der Waals surface area contributed by atoms with Gasteiger partial charge in [-0.2, -0.15) is 0 Å². The second kappa shape index (κ2) is 5.89. The molecule has 1 aliphatic rings. The summed E-state index contributed by atoms with van der Waals surface area (Å²) >= 11 is 3.32. The van der Waals surface area contributed by atoms with Gasteiger partial charge in [-0.25, -0.2) is 12.8 Å². The lowest BCUT2D eigenvalue weighted by Crippen LogP contribution is -2.27. The number of hydrogen-bond acceptors (Lipinski definition) is 3. The van der Waals surface area contributed by atoms with Gasteiger partial charge in [0, 0.05) is 16.1 Å². The molecule has 6 heteroatoms. The van der Waals surface area contributed by atoms with Crippen molar-refractivity contribution in [3.05, 3.63) is 34.1 Å². The standard InChI is InChI=1S/C13H17BrFNO2S/c1-9(12-6-11(14)2-3-13(12)15)16-7-10-4-5-19(17,18)8-10/h2-3,6,9-10,16H,4-5,7-8H2,1H3. The summed E-state index contributed by atoms with van der Waals surface area (Å²) in [4.78, 5) is 0. The molecule has 0 radical (unpaired) electrons. The molecule has 0 aliphatic carbocycles. The van der Waals surface area contributed by atoms with Gasteiger partial charge in [-0.3, -0.25) is 0 Å². The van der Waals surface area contributed by atoms with Gasteiger partial charge in [0.25, 0.3) is 0 Å². The van der Waals surface area contributed by atoms with Crippen LogP contribution in [0.4, 0.5) is 4.39 Å². The fraction of sp³-hybridized carbons (Fsp3) is 0.538. The lowest BCUT2D eigenvalue weighted by Gasteiger charge is -2.17. The van der Waals surface area contributed by atoms with Crippen molar-refractivity contribution in [3.63, 3.8) is 0 Å². The molecule has 1 aliphatic heterocycles. The predicted octanol–water partition coefficient (Wildman–Crippen LogP) is 2.67. The molecular formula is C13H17BrFNO2S. The summed E-state index contributed by atoms with van der Waals surface area (Å²) in [5, 5.41) is 3.22. The Bertz CT molecular complexity index is 562. The first-order chi connectivity index (χ1) is 8.87. The maximum absolute atomic E-state index is 13.7. The molecule has 1 fully saturated rings. The van der Waals surface area contributed by atoms with Crippen LogP contribution < -0.4 is 5.32 Å². The van der Waals surface area contributed by atoms with E-state index in [0.29, 0.717) is 18.5 Å². The summed E-state index contributed by atoms with van der Waals surface area (Å²) in [6, 6.07) is 4.70. The molecule has 3 nitrogen and oxygen atoms in total. The van der Waals surface area contributed by atoms with Crippen LogP contribution in [0.2, 0.25) is 0 Å². The van der Waals surface area contributed by atoms with Crippen molar-refractivity contribution < 1.29 is 12.8 Å². The number of hydrogen-bond donors (Lipinski definition) is 1. The molecule has 2 rings (SSSR count). The lowest BCUT2D eigenvalue weighted by atomic mass is 10.1. The van der Waals surface area contributed by atoms with E-state index in [2.05, 4.69) is 21.2 Å². The Labute approximate surface area is 121 Å². The lowest BCUT2D eigenvalue weighted by molar-refractivity contribution is 0.463. The van der Waals surface area contributed by atoms with Crippen molar-refractivity contribution in [2.24, 2.45) is 5.92 Å². The van der Waals surface area contributed by atoms with Crippen molar-refractivity contribution in [2.75, 3.05) is 18.1 Å². The quantitative estimate of drug-likeness (QED) is 0.908. The van der Waals surface area contributed by atoms with Crippen molar-refractivity contribution in [3.8, 4) is 0 Å². The molecule has 2 atom stereocenters. The third-order valence-electron chi connectivity index (χ3n) is 3.46. The van der Waals surface area contributed by atoms with Crippen LogP contribution in [0.5, 0.6) is 0 Å². The van der Waals surface area contributed by atoms with Gasteiger partial charge >= 0.3 is 0 Å². The van der Waals surface area contributed by atoms with Crippen LogP contribution >= 0.6 is 15.9 Å². The van der Waals surface area contributed by atoms with E-state index in [1.54, 1.807) is 12.1 Å². The van der Waals surface area contributed by atoms with Crippen LogP contribution in [0.3, 0.4) is 0 Å². The molecule has 0 aromatic heterocycles. The summed E-state index contributed by atoms with van der Waals surface area (Å²) in [6.07, 6.45) is 0.697. The number of halogens is 2. The summed E-state index contributed by atoms with van der Waals surface area (Å²) in [6.45, 7) is 2.49. The Balaban J connectivity index is 1.94. The van der Waals surface area contributed by atoms with Crippen LogP contribution in [-0.4, -0.2) is 26.5 Å². The van der Waals surface area contributed by atoms with Gasteiger partial charge < -0.3 is 5.32 Å². The fourth-order valence-corrected chi connectivity index (χ4v) is 4.57. The van der Waals surface area contributed by atoms with Gasteiger partial charge in [-0.05, 0) is 44.0 Å². The Morgan fingerprint density at radius 2 is 2.26 bits per heavy atom. The normalized spacial score (nSPS) is 23.4. The summed E-state index contributed by atoms with van der Waals surface area (Å²) in [5.74, 6) is 0.414. The van der Waals surface area contributed by atoms with Gasteiger partial charge in [0.15, 0.2) is 9.84 Å².